The van der Waals surface area contributed by atoms with Crippen LogP contribution >= 0.6 is 0 Å². The van der Waals surface area contributed by atoms with E-state index < -0.39 is 30.6 Å². The first kappa shape index (κ1) is 22.4. The maximum Gasteiger partial charge on any atom is 0.349 e. The quantitative estimate of drug-likeness (QED) is 0.346. The van der Waals surface area contributed by atoms with Gasteiger partial charge in [-0.2, -0.15) is 0 Å². The molecule has 0 saturated carbocycles. The molecule has 0 spiro atoms. The van der Waals surface area contributed by atoms with Crippen LogP contribution in [0.3, 0.4) is 0 Å². The number of ether oxygens (including phenoxy) is 2. The van der Waals surface area contributed by atoms with E-state index in [1.807, 2.05) is 0 Å². The van der Waals surface area contributed by atoms with E-state index in [1.165, 1.54) is 42.5 Å². The van der Waals surface area contributed by atoms with Gasteiger partial charge in [-0.25, -0.2) is 9.59 Å². The van der Waals surface area contributed by atoms with E-state index in [9.17, 15) is 24.3 Å². The summed E-state index contributed by atoms with van der Waals surface area (Å²) in [6.07, 6.45) is 1.60. The Morgan fingerprint density at radius 2 is 1.60 bits per heavy atom. The number of carboxylic acid groups (broad SMARTS) is 2. The Balaban J connectivity index is 2.03. The average molecular weight is 412 g/mol. The van der Waals surface area contributed by atoms with Crippen LogP contribution in [0.5, 0.6) is 5.75 Å². The SMILES string of the molecule is CCC(=O)OC(C(=O)O)c1ccc(C=CC(=O)c2ccc(OCC(=O)O)cc2)cc1. The molecule has 30 heavy (non-hydrogen) atoms. The van der Waals surface area contributed by atoms with Crippen molar-refractivity contribution in [2.24, 2.45) is 0 Å². The first-order chi connectivity index (χ1) is 14.3. The second-order valence-electron chi connectivity index (χ2n) is 6.13. The lowest BCUT2D eigenvalue weighted by Crippen LogP contribution is -2.18. The number of rotatable bonds is 10. The first-order valence-corrected chi connectivity index (χ1v) is 8.99. The highest BCUT2D eigenvalue weighted by Crippen LogP contribution is 2.20. The monoisotopic (exact) mass is 412 g/mol. The van der Waals surface area contributed by atoms with Crippen LogP contribution in [-0.2, 0) is 19.1 Å². The number of benzene rings is 2. The number of carboxylic acids is 2. The van der Waals surface area contributed by atoms with Crippen molar-refractivity contribution in [3.63, 3.8) is 0 Å². The third-order valence-corrected chi connectivity index (χ3v) is 3.93. The van der Waals surface area contributed by atoms with Crippen LogP contribution < -0.4 is 4.74 Å². The molecule has 2 aromatic carbocycles. The van der Waals surface area contributed by atoms with Gasteiger partial charge in [0.2, 0.25) is 6.10 Å². The number of ketones is 1. The van der Waals surface area contributed by atoms with Crippen molar-refractivity contribution in [2.75, 3.05) is 6.61 Å². The number of esters is 1. The number of hydrogen-bond donors (Lipinski definition) is 2. The summed E-state index contributed by atoms with van der Waals surface area (Å²) in [6.45, 7) is 1.10. The number of carbonyl (C=O) groups is 4. The lowest BCUT2D eigenvalue weighted by molar-refractivity contribution is -0.164. The van der Waals surface area contributed by atoms with Gasteiger partial charge >= 0.3 is 17.9 Å². The van der Waals surface area contributed by atoms with Crippen molar-refractivity contribution in [2.45, 2.75) is 19.4 Å². The molecule has 1 unspecified atom stereocenters. The van der Waals surface area contributed by atoms with E-state index in [0.717, 1.165) is 0 Å². The molecule has 0 saturated heterocycles. The Morgan fingerprint density at radius 3 is 2.13 bits per heavy atom. The van der Waals surface area contributed by atoms with Gasteiger partial charge in [-0.3, -0.25) is 9.59 Å². The Labute approximate surface area is 172 Å². The van der Waals surface area contributed by atoms with Crippen LogP contribution in [0.2, 0.25) is 0 Å². The summed E-state index contributed by atoms with van der Waals surface area (Å²) in [6, 6.07) is 12.3. The van der Waals surface area contributed by atoms with Gasteiger partial charge in [0.25, 0.3) is 0 Å². The zero-order valence-electron chi connectivity index (χ0n) is 16.1. The molecular formula is C22H20O8. The van der Waals surface area contributed by atoms with E-state index in [1.54, 1.807) is 25.1 Å². The van der Waals surface area contributed by atoms with Gasteiger partial charge in [0.05, 0.1) is 0 Å². The van der Waals surface area contributed by atoms with Gasteiger partial charge in [-0.05, 0) is 35.9 Å². The fourth-order valence-corrected chi connectivity index (χ4v) is 2.39. The molecule has 2 N–H and O–H groups in total. The predicted molar refractivity (Wildman–Crippen MR) is 106 cm³/mol. The van der Waals surface area contributed by atoms with Crippen LogP contribution in [0, 0.1) is 0 Å². The first-order valence-electron chi connectivity index (χ1n) is 8.99. The highest BCUT2D eigenvalue weighted by Gasteiger charge is 2.23. The van der Waals surface area contributed by atoms with Gasteiger partial charge in [0.15, 0.2) is 12.4 Å². The molecule has 0 radical (unpaired) electrons. The topological polar surface area (TPSA) is 127 Å². The minimum absolute atomic E-state index is 0.0688. The highest BCUT2D eigenvalue weighted by molar-refractivity contribution is 6.06. The van der Waals surface area contributed by atoms with Crippen LogP contribution in [0.4, 0.5) is 0 Å². The number of hydrogen-bond acceptors (Lipinski definition) is 6. The largest absolute Gasteiger partial charge is 0.482 e. The molecular weight excluding hydrogens is 392 g/mol. The van der Waals surface area contributed by atoms with Crippen molar-refractivity contribution >= 4 is 29.8 Å². The fraction of sp³-hybridized carbons (Fsp3) is 0.182. The van der Waals surface area contributed by atoms with Crippen molar-refractivity contribution in [1.29, 1.82) is 0 Å². The molecule has 2 aromatic rings. The lowest BCUT2D eigenvalue weighted by atomic mass is 10.1. The summed E-state index contributed by atoms with van der Waals surface area (Å²) in [7, 11) is 0. The smallest absolute Gasteiger partial charge is 0.349 e. The average Bonchev–Trinajstić information content (AvgIpc) is 2.74. The summed E-state index contributed by atoms with van der Waals surface area (Å²) in [5, 5.41) is 17.8. The Kier molecular flexibility index (Phi) is 7.87. The van der Waals surface area contributed by atoms with Crippen LogP contribution in [0.25, 0.3) is 6.08 Å². The second kappa shape index (κ2) is 10.6. The summed E-state index contributed by atoms with van der Waals surface area (Å²) in [4.78, 5) is 45.5. The molecule has 0 aromatic heterocycles. The van der Waals surface area contributed by atoms with Crippen molar-refractivity contribution in [1.82, 2.24) is 0 Å². The van der Waals surface area contributed by atoms with Crippen molar-refractivity contribution < 1.29 is 38.9 Å². The van der Waals surface area contributed by atoms with Crippen LogP contribution in [0.15, 0.2) is 54.6 Å². The third kappa shape index (κ3) is 6.59. The van der Waals surface area contributed by atoms with Crippen molar-refractivity contribution in [3.05, 3.63) is 71.3 Å². The summed E-state index contributed by atoms with van der Waals surface area (Å²) in [5.41, 5.74) is 1.35. The third-order valence-electron chi connectivity index (χ3n) is 3.93. The Morgan fingerprint density at radius 1 is 0.967 bits per heavy atom. The number of aliphatic carboxylic acids is 2. The van der Waals surface area contributed by atoms with E-state index in [-0.39, 0.29) is 12.2 Å². The summed E-state index contributed by atoms with van der Waals surface area (Å²) >= 11 is 0. The van der Waals surface area contributed by atoms with Crippen LogP contribution in [0.1, 0.15) is 40.9 Å². The molecule has 8 heteroatoms. The molecule has 156 valence electrons. The summed E-state index contributed by atoms with van der Waals surface area (Å²) < 4.78 is 9.94. The molecule has 0 fully saturated rings. The van der Waals surface area contributed by atoms with E-state index in [2.05, 4.69) is 0 Å². The zero-order valence-corrected chi connectivity index (χ0v) is 16.1. The molecule has 0 aliphatic carbocycles. The fourth-order valence-electron chi connectivity index (χ4n) is 2.39. The maximum atomic E-state index is 12.3. The zero-order chi connectivity index (χ0) is 22.1. The van der Waals surface area contributed by atoms with Crippen LogP contribution in [-0.4, -0.2) is 40.5 Å². The lowest BCUT2D eigenvalue weighted by Gasteiger charge is -2.13. The Bertz CT molecular complexity index is 942. The predicted octanol–water partition coefficient (Wildman–Crippen LogP) is 3.13. The molecule has 0 bridgehead atoms. The number of carbonyl (C=O) groups excluding carboxylic acids is 2. The van der Waals surface area contributed by atoms with Gasteiger partial charge in [0, 0.05) is 17.5 Å². The summed E-state index contributed by atoms with van der Waals surface area (Å²) in [5.74, 6) is -2.92. The molecule has 1 atom stereocenters. The maximum absolute atomic E-state index is 12.3. The molecule has 0 aliphatic heterocycles. The molecule has 2 rings (SSSR count). The minimum atomic E-state index is -1.39. The Hall–Kier alpha value is -3.94. The minimum Gasteiger partial charge on any atom is -0.482 e. The number of allylic oxidation sites excluding steroid dienone is 1. The van der Waals surface area contributed by atoms with Gasteiger partial charge < -0.3 is 19.7 Å². The van der Waals surface area contributed by atoms with E-state index >= 15 is 0 Å². The van der Waals surface area contributed by atoms with E-state index in [0.29, 0.717) is 22.4 Å². The van der Waals surface area contributed by atoms with Gasteiger partial charge in [-0.15, -0.1) is 0 Å². The molecule has 0 heterocycles. The molecule has 0 amide bonds. The second-order valence-corrected chi connectivity index (χ2v) is 6.13. The molecule has 0 aliphatic rings. The van der Waals surface area contributed by atoms with E-state index in [4.69, 9.17) is 14.6 Å². The highest BCUT2D eigenvalue weighted by atomic mass is 16.6. The van der Waals surface area contributed by atoms with Crippen molar-refractivity contribution in [3.8, 4) is 5.75 Å². The van der Waals surface area contributed by atoms with Gasteiger partial charge in [-0.1, -0.05) is 37.3 Å². The van der Waals surface area contributed by atoms with Gasteiger partial charge in [0.1, 0.15) is 5.75 Å². The molecule has 8 nitrogen and oxygen atoms in total. The standard InChI is InChI=1S/C22H20O8/c1-2-20(26)30-21(22(27)28)16-6-3-14(4-7-16)5-12-18(23)15-8-10-17(11-9-15)29-13-19(24)25/h3-12,21H,2,13H2,1H3,(H,24,25)(H,27,28). The normalized spacial score (nSPS) is 11.6.